The summed E-state index contributed by atoms with van der Waals surface area (Å²) in [6.45, 7) is 4.24. The molecule has 2 aromatic heterocycles. The molecule has 0 atom stereocenters. The van der Waals surface area contributed by atoms with Gasteiger partial charge in [-0.15, -0.1) is 0 Å². The number of rotatable bonds is 3. The van der Waals surface area contributed by atoms with Gasteiger partial charge in [0, 0.05) is 31.7 Å². The molecule has 0 aliphatic carbocycles. The number of likely N-dealkylation sites (N-methyl/N-ethyl adjacent to an activating group) is 1. The van der Waals surface area contributed by atoms with Crippen LogP contribution in [0.1, 0.15) is 5.56 Å². The van der Waals surface area contributed by atoms with E-state index in [-0.39, 0.29) is 5.82 Å². The van der Waals surface area contributed by atoms with Gasteiger partial charge in [-0.3, -0.25) is 0 Å². The lowest BCUT2D eigenvalue weighted by molar-refractivity contribution is 0.312. The SMILES string of the molecule is CN1CCN(c2ncnc3c2cnn3Cc2ccccc2F)CC1. The van der Waals surface area contributed by atoms with Crippen molar-refractivity contribution in [2.75, 3.05) is 38.1 Å². The molecular formula is C17H19FN6. The maximum Gasteiger partial charge on any atom is 0.163 e. The lowest BCUT2D eigenvalue weighted by atomic mass is 10.2. The highest BCUT2D eigenvalue weighted by atomic mass is 19.1. The van der Waals surface area contributed by atoms with Gasteiger partial charge in [-0.05, 0) is 13.1 Å². The van der Waals surface area contributed by atoms with Gasteiger partial charge in [-0.25, -0.2) is 19.0 Å². The minimum absolute atomic E-state index is 0.227. The van der Waals surface area contributed by atoms with E-state index in [0.29, 0.717) is 12.1 Å². The van der Waals surface area contributed by atoms with Crippen LogP contribution in [0.2, 0.25) is 0 Å². The predicted molar refractivity (Wildman–Crippen MR) is 90.5 cm³/mol. The highest BCUT2D eigenvalue weighted by Crippen LogP contribution is 2.24. The third kappa shape index (κ3) is 2.71. The molecule has 1 aliphatic heterocycles. The number of benzene rings is 1. The Hall–Kier alpha value is -2.54. The summed E-state index contributed by atoms with van der Waals surface area (Å²) in [5, 5.41) is 5.33. The molecule has 4 rings (SSSR count). The number of fused-ring (bicyclic) bond motifs is 1. The zero-order valence-corrected chi connectivity index (χ0v) is 13.6. The molecule has 1 saturated heterocycles. The van der Waals surface area contributed by atoms with Crippen molar-refractivity contribution in [3.63, 3.8) is 0 Å². The van der Waals surface area contributed by atoms with Crippen LogP contribution in [0.4, 0.5) is 10.2 Å². The molecule has 0 bridgehead atoms. The number of piperazine rings is 1. The van der Waals surface area contributed by atoms with E-state index in [9.17, 15) is 4.39 Å². The molecule has 7 heteroatoms. The van der Waals surface area contributed by atoms with Gasteiger partial charge in [0.05, 0.1) is 18.1 Å². The van der Waals surface area contributed by atoms with Crippen LogP contribution in [-0.4, -0.2) is 57.9 Å². The summed E-state index contributed by atoms with van der Waals surface area (Å²) < 4.78 is 15.6. The van der Waals surface area contributed by atoms with Gasteiger partial charge in [0.25, 0.3) is 0 Å². The second kappa shape index (κ2) is 6.16. The van der Waals surface area contributed by atoms with Crippen LogP contribution in [0.5, 0.6) is 0 Å². The summed E-state index contributed by atoms with van der Waals surface area (Å²) in [5.74, 6) is 0.683. The molecule has 1 fully saturated rings. The summed E-state index contributed by atoms with van der Waals surface area (Å²) in [7, 11) is 2.12. The average Bonchev–Trinajstić information content (AvgIpc) is 3.01. The van der Waals surface area contributed by atoms with Gasteiger partial charge in [-0.2, -0.15) is 5.10 Å². The Morgan fingerprint density at radius 2 is 1.88 bits per heavy atom. The quantitative estimate of drug-likeness (QED) is 0.734. The molecule has 3 heterocycles. The average molecular weight is 326 g/mol. The minimum Gasteiger partial charge on any atom is -0.353 e. The zero-order valence-electron chi connectivity index (χ0n) is 13.6. The van der Waals surface area contributed by atoms with E-state index in [1.807, 2.05) is 6.07 Å². The fourth-order valence-corrected chi connectivity index (χ4v) is 3.05. The molecule has 6 nitrogen and oxygen atoms in total. The Kier molecular flexibility index (Phi) is 3.86. The number of hydrogen-bond acceptors (Lipinski definition) is 5. The normalized spacial score (nSPS) is 16.0. The third-order valence-corrected chi connectivity index (χ3v) is 4.49. The van der Waals surface area contributed by atoms with E-state index in [4.69, 9.17) is 0 Å². The molecule has 3 aromatic rings. The second-order valence-electron chi connectivity index (χ2n) is 6.12. The maximum absolute atomic E-state index is 13.9. The monoisotopic (exact) mass is 326 g/mol. The van der Waals surface area contributed by atoms with E-state index in [1.54, 1.807) is 29.3 Å². The number of anilines is 1. The zero-order chi connectivity index (χ0) is 16.5. The number of halogens is 1. The minimum atomic E-state index is -0.227. The van der Waals surface area contributed by atoms with E-state index < -0.39 is 0 Å². The molecule has 0 spiro atoms. The molecule has 124 valence electrons. The second-order valence-corrected chi connectivity index (χ2v) is 6.12. The largest absolute Gasteiger partial charge is 0.353 e. The fraction of sp³-hybridized carbons (Fsp3) is 0.353. The Labute approximate surface area is 139 Å². The fourth-order valence-electron chi connectivity index (χ4n) is 3.05. The third-order valence-electron chi connectivity index (χ3n) is 4.49. The summed E-state index contributed by atoms with van der Waals surface area (Å²) in [5.41, 5.74) is 1.34. The van der Waals surface area contributed by atoms with Crippen molar-refractivity contribution in [2.45, 2.75) is 6.54 Å². The summed E-state index contributed by atoms with van der Waals surface area (Å²) in [6.07, 6.45) is 3.35. The molecule has 1 aromatic carbocycles. The lowest BCUT2D eigenvalue weighted by Crippen LogP contribution is -2.44. The molecule has 0 unspecified atom stereocenters. The van der Waals surface area contributed by atoms with E-state index in [2.05, 4.69) is 31.9 Å². The van der Waals surface area contributed by atoms with Crippen LogP contribution in [0, 0.1) is 5.82 Å². The van der Waals surface area contributed by atoms with Gasteiger partial charge in [-0.1, -0.05) is 18.2 Å². The Balaban J connectivity index is 1.68. The van der Waals surface area contributed by atoms with Crippen molar-refractivity contribution in [3.8, 4) is 0 Å². The van der Waals surface area contributed by atoms with E-state index in [0.717, 1.165) is 43.0 Å². The standard InChI is InChI=1S/C17H19FN6/c1-22-6-8-23(9-7-22)16-14-10-21-24(17(14)20-12-19-16)11-13-4-2-3-5-15(13)18/h2-5,10,12H,6-9,11H2,1H3. The van der Waals surface area contributed by atoms with E-state index in [1.165, 1.54) is 6.07 Å². The smallest absolute Gasteiger partial charge is 0.163 e. The first-order valence-corrected chi connectivity index (χ1v) is 8.06. The van der Waals surface area contributed by atoms with E-state index >= 15 is 0 Å². The highest BCUT2D eigenvalue weighted by Gasteiger charge is 2.19. The van der Waals surface area contributed by atoms with Crippen LogP contribution in [0.15, 0.2) is 36.8 Å². The first-order chi connectivity index (χ1) is 11.7. The highest BCUT2D eigenvalue weighted by molar-refractivity contribution is 5.86. The van der Waals surface area contributed by atoms with Crippen LogP contribution in [0.3, 0.4) is 0 Å². The Morgan fingerprint density at radius 3 is 2.67 bits per heavy atom. The maximum atomic E-state index is 13.9. The van der Waals surface area contributed by atoms with Gasteiger partial charge in [0.2, 0.25) is 0 Å². The molecule has 1 aliphatic rings. The van der Waals surface area contributed by atoms with Gasteiger partial charge < -0.3 is 9.80 Å². The summed E-state index contributed by atoms with van der Waals surface area (Å²) in [4.78, 5) is 13.4. The number of nitrogens with zero attached hydrogens (tertiary/aromatic N) is 6. The molecule has 0 radical (unpaired) electrons. The summed E-state index contributed by atoms with van der Waals surface area (Å²) in [6, 6.07) is 6.75. The van der Waals surface area contributed by atoms with Crippen LogP contribution in [0.25, 0.3) is 11.0 Å². The van der Waals surface area contributed by atoms with Crippen molar-refractivity contribution in [1.29, 1.82) is 0 Å². The lowest BCUT2D eigenvalue weighted by Gasteiger charge is -2.33. The van der Waals surface area contributed by atoms with Crippen LogP contribution < -0.4 is 4.90 Å². The van der Waals surface area contributed by atoms with Crippen molar-refractivity contribution >= 4 is 16.9 Å². The van der Waals surface area contributed by atoms with Crippen molar-refractivity contribution in [2.24, 2.45) is 0 Å². The Bertz CT molecular complexity index is 853. The molecule has 0 N–H and O–H groups in total. The van der Waals surface area contributed by atoms with Gasteiger partial charge in [0.1, 0.15) is 18.0 Å². The molecule has 24 heavy (non-hydrogen) atoms. The van der Waals surface area contributed by atoms with Crippen molar-refractivity contribution in [3.05, 3.63) is 48.2 Å². The predicted octanol–water partition coefficient (Wildman–Crippen LogP) is 1.77. The first-order valence-electron chi connectivity index (χ1n) is 8.06. The van der Waals surface area contributed by atoms with Gasteiger partial charge >= 0.3 is 0 Å². The topological polar surface area (TPSA) is 50.1 Å². The molecule has 0 amide bonds. The van der Waals surface area contributed by atoms with Crippen molar-refractivity contribution < 1.29 is 4.39 Å². The van der Waals surface area contributed by atoms with Crippen molar-refractivity contribution in [1.82, 2.24) is 24.6 Å². The number of aromatic nitrogens is 4. The Morgan fingerprint density at radius 1 is 1.08 bits per heavy atom. The number of hydrogen-bond donors (Lipinski definition) is 0. The van der Waals surface area contributed by atoms with Crippen LogP contribution in [-0.2, 0) is 6.54 Å². The van der Waals surface area contributed by atoms with Gasteiger partial charge in [0.15, 0.2) is 5.65 Å². The molecular weight excluding hydrogens is 307 g/mol. The molecule has 0 saturated carbocycles. The first kappa shape index (κ1) is 15.0. The van der Waals surface area contributed by atoms with Crippen LogP contribution >= 0.6 is 0 Å². The summed E-state index contributed by atoms with van der Waals surface area (Å²) >= 11 is 0.